The van der Waals surface area contributed by atoms with Gasteiger partial charge in [0.2, 0.25) is 0 Å². The SMILES string of the molecule is COc1ccc(C(=O)Oc2ccc(/C=C3\SC(=O)N(Cc4ccccc4Cl)C3=O)cc2OC)cc1. The largest absolute Gasteiger partial charge is 0.497 e. The number of ether oxygens (including phenoxy) is 3. The minimum Gasteiger partial charge on any atom is -0.497 e. The summed E-state index contributed by atoms with van der Waals surface area (Å²) in [4.78, 5) is 39.3. The van der Waals surface area contributed by atoms with Gasteiger partial charge >= 0.3 is 5.97 Å². The van der Waals surface area contributed by atoms with E-state index in [0.717, 1.165) is 16.7 Å². The van der Waals surface area contributed by atoms with Crippen molar-refractivity contribution in [1.82, 2.24) is 4.90 Å². The average molecular weight is 510 g/mol. The average Bonchev–Trinajstić information content (AvgIpc) is 3.13. The molecule has 1 heterocycles. The quantitative estimate of drug-likeness (QED) is 0.226. The highest BCUT2D eigenvalue weighted by Gasteiger charge is 2.35. The number of amides is 2. The summed E-state index contributed by atoms with van der Waals surface area (Å²) >= 11 is 7.02. The molecule has 0 atom stereocenters. The van der Waals surface area contributed by atoms with Crippen molar-refractivity contribution >= 4 is 46.6 Å². The fourth-order valence-electron chi connectivity index (χ4n) is 3.33. The van der Waals surface area contributed by atoms with E-state index in [-0.39, 0.29) is 22.4 Å². The molecule has 3 aromatic carbocycles. The summed E-state index contributed by atoms with van der Waals surface area (Å²) in [5.74, 6) is 0.182. The zero-order valence-electron chi connectivity index (χ0n) is 18.8. The topological polar surface area (TPSA) is 82.1 Å². The zero-order chi connectivity index (χ0) is 24.9. The Hall–Kier alpha value is -3.75. The van der Waals surface area contributed by atoms with E-state index in [0.29, 0.717) is 33.2 Å². The van der Waals surface area contributed by atoms with E-state index in [9.17, 15) is 14.4 Å². The first kappa shape index (κ1) is 24.4. The Morgan fingerprint density at radius 2 is 1.71 bits per heavy atom. The van der Waals surface area contributed by atoms with Gasteiger partial charge in [0.05, 0.1) is 31.2 Å². The minimum atomic E-state index is -0.556. The van der Waals surface area contributed by atoms with Crippen LogP contribution in [0.25, 0.3) is 6.08 Å². The second-order valence-electron chi connectivity index (χ2n) is 7.39. The standard InChI is InChI=1S/C26H20ClNO6S/c1-32-19-10-8-17(9-11-19)25(30)34-21-12-7-16(13-22(21)33-2)14-23-24(29)28(26(31)35-23)15-18-5-3-4-6-20(18)27/h3-14H,15H2,1-2H3/b23-14-. The van der Waals surface area contributed by atoms with Crippen molar-refractivity contribution in [3.63, 3.8) is 0 Å². The third-order valence-corrected chi connectivity index (χ3v) is 6.45. The van der Waals surface area contributed by atoms with Crippen molar-refractivity contribution in [2.45, 2.75) is 6.54 Å². The van der Waals surface area contributed by atoms with Crippen molar-refractivity contribution in [2.75, 3.05) is 14.2 Å². The number of hydrogen-bond acceptors (Lipinski definition) is 7. The van der Waals surface area contributed by atoms with Crippen molar-refractivity contribution < 1.29 is 28.6 Å². The summed E-state index contributed by atoms with van der Waals surface area (Å²) in [6.45, 7) is 0.0885. The molecule has 0 unspecified atom stereocenters. The van der Waals surface area contributed by atoms with Crippen LogP contribution in [0.1, 0.15) is 21.5 Å². The molecular formula is C26H20ClNO6S. The van der Waals surface area contributed by atoms with Gasteiger partial charge in [-0.05, 0) is 71.4 Å². The molecule has 1 fully saturated rings. The van der Waals surface area contributed by atoms with E-state index >= 15 is 0 Å². The molecule has 1 aliphatic rings. The lowest BCUT2D eigenvalue weighted by molar-refractivity contribution is -0.123. The number of imide groups is 1. The fraction of sp³-hybridized carbons (Fsp3) is 0.115. The van der Waals surface area contributed by atoms with Crippen LogP contribution in [0.4, 0.5) is 4.79 Å². The van der Waals surface area contributed by atoms with Crippen LogP contribution in [0.2, 0.25) is 5.02 Å². The number of methoxy groups -OCH3 is 2. The van der Waals surface area contributed by atoms with Crippen LogP contribution in [0.5, 0.6) is 17.2 Å². The van der Waals surface area contributed by atoms with Gasteiger partial charge < -0.3 is 14.2 Å². The molecule has 0 spiro atoms. The molecule has 35 heavy (non-hydrogen) atoms. The summed E-state index contributed by atoms with van der Waals surface area (Å²) in [6, 6.07) is 18.4. The molecule has 7 nitrogen and oxygen atoms in total. The van der Waals surface area contributed by atoms with Crippen LogP contribution >= 0.6 is 23.4 Å². The normalized spacial score (nSPS) is 14.4. The molecule has 0 aliphatic carbocycles. The smallest absolute Gasteiger partial charge is 0.343 e. The Balaban J connectivity index is 1.51. The van der Waals surface area contributed by atoms with E-state index in [1.807, 2.05) is 0 Å². The Bertz CT molecular complexity index is 1320. The highest BCUT2D eigenvalue weighted by atomic mass is 35.5. The maximum absolute atomic E-state index is 12.9. The van der Waals surface area contributed by atoms with Crippen molar-refractivity contribution in [3.05, 3.63) is 93.3 Å². The fourth-order valence-corrected chi connectivity index (χ4v) is 4.36. The van der Waals surface area contributed by atoms with Gasteiger partial charge in [0.1, 0.15) is 5.75 Å². The van der Waals surface area contributed by atoms with E-state index in [1.165, 1.54) is 7.11 Å². The molecule has 0 radical (unpaired) electrons. The first-order chi connectivity index (χ1) is 16.9. The number of benzene rings is 3. The lowest BCUT2D eigenvalue weighted by atomic mass is 10.1. The number of rotatable bonds is 7. The highest BCUT2D eigenvalue weighted by Crippen LogP contribution is 2.36. The van der Waals surface area contributed by atoms with Crippen molar-refractivity contribution in [3.8, 4) is 17.2 Å². The lowest BCUT2D eigenvalue weighted by Gasteiger charge is -2.13. The maximum atomic E-state index is 12.9. The Morgan fingerprint density at radius 1 is 0.971 bits per heavy atom. The van der Waals surface area contributed by atoms with Crippen LogP contribution in [-0.4, -0.2) is 36.2 Å². The van der Waals surface area contributed by atoms with Gasteiger partial charge in [-0.15, -0.1) is 0 Å². The molecule has 1 saturated heterocycles. The molecule has 0 N–H and O–H groups in total. The van der Waals surface area contributed by atoms with E-state index < -0.39 is 11.9 Å². The Morgan fingerprint density at radius 3 is 2.40 bits per heavy atom. The second-order valence-corrected chi connectivity index (χ2v) is 8.79. The second kappa shape index (κ2) is 10.7. The number of thioether (sulfide) groups is 1. The summed E-state index contributed by atoms with van der Waals surface area (Å²) in [6.07, 6.45) is 1.59. The van der Waals surface area contributed by atoms with Crippen LogP contribution in [0, 0.1) is 0 Å². The third kappa shape index (κ3) is 5.50. The molecule has 2 amide bonds. The van der Waals surface area contributed by atoms with Crippen LogP contribution < -0.4 is 14.2 Å². The molecule has 0 saturated carbocycles. The van der Waals surface area contributed by atoms with Crippen molar-refractivity contribution in [1.29, 1.82) is 0 Å². The predicted octanol–water partition coefficient (Wildman–Crippen LogP) is 5.81. The maximum Gasteiger partial charge on any atom is 0.343 e. The van der Waals surface area contributed by atoms with Crippen LogP contribution in [0.15, 0.2) is 71.6 Å². The number of carbonyl (C=O) groups is 3. The molecule has 0 bridgehead atoms. The monoisotopic (exact) mass is 509 g/mol. The van der Waals surface area contributed by atoms with Gasteiger partial charge in [0.25, 0.3) is 11.1 Å². The van der Waals surface area contributed by atoms with Crippen LogP contribution in [-0.2, 0) is 11.3 Å². The molecular weight excluding hydrogens is 490 g/mol. The van der Waals surface area contributed by atoms with E-state index in [2.05, 4.69) is 0 Å². The molecule has 0 aromatic heterocycles. The first-order valence-electron chi connectivity index (χ1n) is 10.4. The number of hydrogen-bond donors (Lipinski definition) is 0. The lowest BCUT2D eigenvalue weighted by Crippen LogP contribution is -2.27. The summed E-state index contributed by atoms with van der Waals surface area (Å²) in [5.41, 5.74) is 1.64. The van der Waals surface area contributed by atoms with Gasteiger partial charge in [0.15, 0.2) is 11.5 Å². The van der Waals surface area contributed by atoms with Gasteiger partial charge in [-0.3, -0.25) is 14.5 Å². The zero-order valence-corrected chi connectivity index (χ0v) is 20.4. The first-order valence-corrected chi connectivity index (χ1v) is 11.6. The van der Waals surface area contributed by atoms with Gasteiger partial charge in [-0.25, -0.2) is 4.79 Å². The van der Waals surface area contributed by atoms with Gasteiger partial charge in [-0.1, -0.05) is 35.9 Å². The number of nitrogens with zero attached hydrogens (tertiary/aromatic N) is 1. The number of halogens is 1. The number of esters is 1. The third-order valence-electron chi connectivity index (χ3n) is 5.17. The van der Waals surface area contributed by atoms with Gasteiger partial charge in [-0.2, -0.15) is 0 Å². The predicted molar refractivity (Wildman–Crippen MR) is 134 cm³/mol. The summed E-state index contributed by atoms with van der Waals surface area (Å²) < 4.78 is 15.9. The van der Waals surface area contributed by atoms with Crippen LogP contribution in [0.3, 0.4) is 0 Å². The Kier molecular flexibility index (Phi) is 7.43. The van der Waals surface area contributed by atoms with Crippen molar-refractivity contribution in [2.24, 2.45) is 0 Å². The Labute approximate surface area is 211 Å². The molecule has 1 aliphatic heterocycles. The molecule has 9 heteroatoms. The van der Waals surface area contributed by atoms with E-state index in [1.54, 1.807) is 79.9 Å². The molecule has 178 valence electrons. The molecule has 3 aromatic rings. The summed E-state index contributed by atoms with van der Waals surface area (Å²) in [7, 11) is 2.99. The molecule has 4 rings (SSSR count). The minimum absolute atomic E-state index is 0.0885. The highest BCUT2D eigenvalue weighted by molar-refractivity contribution is 8.18. The number of carbonyl (C=O) groups excluding carboxylic acids is 3. The van der Waals surface area contributed by atoms with Gasteiger partial charge in [0, 0.05) is 5.02 Å². The summed E-state index contributed by atoms with van der Waals surface area (Å²) in [5, 5.41) is 0.109. The van der Waals surface area contributed by atoms with E-state index in [4.69, 9.17) is 25.8 Å².